The Balaban J connectivity index is 1.47. The van der Waals surface area contributed by atoms with Crippen molar-refractivity contribution in [2.24, 2.45) is 5.10 Å². The average molecular weight is 361 g/mol. The molecule has 4 nitrogen and oxygen atoms in total. The highest BCUT2D eigenvalue weighted by Gasteiger charge is 2.18. The molecule has 0 bridgehead atoms. The molecule has 1 heterocycles. The van der Waals surface area contributed by atoms with E-state index in [0.717, 1.165) is 28.4 Å². The molecular formula is C21H19N3OS. The lowest BCUT2D eigenvalue weighted by Crippen LogP contribution is -2.21. The number of hydrogen-bond acceptors (Lipinski definition) is 4. The van der Waals surface area contributed by atoms with Gasteiger partial charge in [-0.25, -0.2) is 10.4 Å². The second-order valence-electron chi connectivity index (χ2n) is 6.50. The van der Waals surface area contributed by atoms with Crippen LogP contribution in [-0.4, -0.2) is 16.6 Å². The highest BCUT2D eigenvalue weighted by atomic mass is 32.1. The van der Waals surface area contributed by atoms with E-state index in [1.165, 1.54) is 33.6 Å². The Kier molecular flexibility index (Phi) is 4.39. The summed E-state index contributed by atoms with van der Waals surface area (Å²) in [6.45, 7) is 3.84. The molecular weight excluding hydrogens is 342 g/mol. The molecule has 1 aromatic heterocycles. The van der Waals surface area contributed by atoms with Crippen LogP contribution in [0.4, 0.5) is 0 Å². The van der Waals surface area contributed by atoms with Crippen LogP contribution in [0, 0.1) is 6.92 Å². The monoisotopic (exact) mass is 361 g/mol. The summed E-state index contributed by atoms with van der Waals surface area (Å²) in [5, 5.41) is 7.02. The van der Waals surface area contributed by atoms with Crippen molar-refractivity contribution in [1.82, 2.24) is 10.4 Å². The van der Waals surface area contributed by atoms with Gasteiger partial charge in [-0.05, 0) is 54.2 Å². The zero-order valence-electron chi connectivity index (χ0n) is 14.7. The first-order valence-corrected chi connectivity index (χ1v) is 9.44. The first-order valence-electron chi connectivity index (χ1n) is 8.56. The van der Waals surface area contributed by atoms with Gasteiger partial charge in [0.1, 0.15) is 5.01 Å². The van der Waals surface area contributed by atoms with E-state index < -0.39 is 0 Å². The summed E-state index contributed by atoms with van der Waals surface area (Å²) >= 11 is 1.50. The summed E-state index contributed by atoms with van der Waals surface area (Å²) in [5.41, 5.74) is 10.7. The topological polar surface area (TPSA) is 54.4 Å². The van der Waals surface area contributed by atoms with Gasteiger partial charge in [0, 0.05) is 11.1 Å². The molecule has 1 aliphatic carbocycles. The normalized spacial score (nSPS) is 12.6. The number of nitrogens with zero attached hydrogens (tertiary/aromatic N) is 2. The summed E-state index contributed by atoms with van der Waals surface area (Å²) in [7, 11) is 0. The van der Waals surface area contributed by atoms with Gasteiger partial charge in [0.2, 0.25) is 5.91 Å². The number of rotatable bonds is 4. The molecule has 0 radical (unpaired) electrons. The molecule has 0 saturated heterocycles. The SMILES string of the molecule is C/C(=N/NC(=O)Cc1nc(C)cs1)c1ccc2c(c1)Cc1ccccc1-2. The number of benzene rings is 2. The minimum absolute atomic E-state index is 0.146. The molecule has 1 N–H and O–H groups in total. The van der Waals surface area contributed by atoms with Crippen LogP contribution in [-0.2, 0) is 17.6 Å². The molecule has 130 valence electrons. The number of aryl methyl sites for hydroxylation is 1. The maximum Gasteiger partial charge on any atom is 0.246 e. The molecule has 1 aliphatic rings. The van der Waals surface area contributed by atoms with E-state index >= 15 is 0 Å². The van der Waals surface area contributed by atoms with Gasteiger partial charge in [-0.3, -0.25) is 4.79 Å². The van der Waals surface area contributed by atoms with Crippen LogP contribution >= 0.6 is 11.3 Å². The van der Waals surface area contributed by atoms with Gasteiger partial charge in [-0.15, -0.1) is 11.3 Å². The van der Waals surface area contributed by atoms with E-state index in [-0.39, 0.29) is 12.3 Å². The number of hydrogen-bond donors (Lipinski definition) is 1. The van der Waals surface area contributed by atoms with E-state index in [0.29, 0.717) is 0 Å². The van der Waals surface area contributed by atoms with Crippen molar-refractivity contribution < 1.29 is 4.79 Å². The minimum atomic E-state index is -0.146. The molecule has 0 aliphatic heterocycles. The Labute approximate surface area is 156 Å². The van der Waals surface area contributed by atoms with Crippen molar-refractivity contribution in [2.45, 2.75) is 26.7 Å². The number of nitrogens with one attached hydrogen (secondary N) is 1. The standard InChI is InChI=1S/C21H19N3OS/c1-13-12-26-21(22-13)11-20(25)24-23-14(2)15-7-8-19-17(9-15)10-16-5-3-4-6-18(16)19/h3-9,12H,10-11H2,1-2H3,(H,24,25)/b23-14-. The second-order valence-corrected chi connectivity index (χ2v) is 7.44. The lowest BCUT2D eigenvalue weighted by molar-refractivity contribution is -0.120. The third-order valence-electron chi connectivity index (χ3n) is 4.54. The molecule has 0 unspecified atom stereocenters. The first-order chi connectivity index (χ1) is 12.6. The number of hydrazone groups is 1. The molecule has 4 rings (SSSR count). The van der Waals surface area contributed by atoms with E-state index in [1.807, 2.05) is 19.2 Å². The average Bonchev–Trinajstić information content (AvgIpc) is 3.22. The predicted molar refractivity (Wildman–Crippen MR) is 106 cm³/mol. The van der Waals surface area contributed by atoms with Crippen LogP contribution < -0.4 is 5.43 Å². The van der Waals surface area contributed by atoms with Crippen molar-refractivity contribution >= 4 is 23.0 Å². The van der Waals surface area contributed by atoms with Gasteiger partial charge < -0.3 is 0 Å². The highest BCUT2D eigenvalue weighted by molar-refractivity contribution is 7.09. The van der Waals surface area contributed by atoms with Crippen LogP contribution in [0.25, 0.3) is 11.1 Å². The third-order valence-corrected chi connectivity index (χ3v) is 5.50. The predicted octanol–water partition coefficient (Wildman–Crippen LogP) is 4.11. The second kappa shape index (κ2) is 6.84. The molecule has 0 saturated carbocycles. The molecule has 2 aromatic carbocycles. The Morgan fingerprint density at radius 2 is 2.00 bits per heavy atom. The Morgan fingerprint density at radius 3 is 2.81 bits per heavy atom. The lowest BCUT2D eigenvalue weighted by atomic mass is 10.0. The Hall–Kier alpha value is -2.79. The number of carbonyl (C=O) groups is 1. The molecule has 0 spiro atoms. The lowest BCUT2D eigenvalue weighted by Gasteiger charge is -2.06. The van der Waals surface area contributed by atoms with E-state index in [9.17, 15) is 4.79 Å². The molecule has 5 heteroatoms. The van der Waals surface area contributed by atoms with E-state index in [4.69, 9.17) is 0 Å². The minimum Gasteiger partial charge on any atom is -0.273 e. The summed E-state index contributed by atoms with van der Waals surface area (Å²) in [4.78, 5) is 16.3. The zero-order valence-corrected chi connectivity index (χ0v) is 15.6. The van der Waals surface area contributed by atoms with Gasteiger partial charge in [0.05, 0.1) is 12.1 Å². The molecule has 0 fully saturated rings. The molecule has 0 atom stereocenters. The fraction of sp³-hybridized carbons (Fsp3) is 0.190. The number of aromatic nitrogens is 1. The van der Waals surface area contributed by atoms with E-state index in [2.05, 4.69) is 58.0 Å². The third kappa shape index (κ3) is 3.30. The molecule has 1 amide bonds. The van der Waals surface area contributed by atoms with Crippen molar-refractivity contribution in [3.05, 3.63) is 75.2 Å². The van der Waals surface area contributed by atoms with Gasteiger partial charge in [-0.1, -0.05) is 36.4 Å². The highest BCUT2D eigenvalue weighted by Crippen LogP contribution is 2.36. The Bertz CT molecular complexity index is 1020. The van der Waals surface area contributed by atoms with Gasteiger partial charge in [-0.2, -0.15) is 5.10 Å². The van der Waals surface area contributed by atoms with Crippen LogP contribution in [0.3, 0.4) is 0 Å². The van der Waals surface area contributed by atoms with Crippen molar-refractivity contribution in [1.29, 1.82) is 0 Å². The fourth-order valence-electron chi connectivity index (χ4n) is 3.24. The van der Waals surface area contributed by atoms with Crippen molar-refractivity contribution in [3.63, 3.8) is 0 Å². The molecule has 26 heavy (non-hydrogen) atoms. The maximum atomic E-state index is 12.0. The number of thiazole rings is 1. The zero-order chi connectivity index (χ0) is 18.1. The number of amides is 1. The van der Waals surface area contributed by atoms with Crippen LogP contribution in [0.5, 0.6) is 0 Å². The fourth-order valence-corrected chi connectivity index (χ4v) is 4.01. The van der Waals surface area contributed by atoms with Gasteiger partial charge in [0.15, 0.2) is 0 Å². The summed E-state index contributed by atoms with van der Waals surface area (Å²) in [5.74, 6) is -0.146. The van der Waals surface area contributed by atoms with Crippen molar-refractivity contribution in [3.8, 4) is 11.1 Å². The largest absolute Gasteiger partial charge is 0.273 e. The maximum absolute atomic E-state index is 12.0. The quantitative estimate of drug-likeness (QED) is 0.439. The van der Waals surface area contributed by atoms with Gasteiger partial charge >= 0.3 is 0 Å². The Morgan fingerprint density at radius 1 is 1.19 bits per heavy atom. The number of fused-ring (bicyclic) bond motifs is 3. The number of carbonyl (C=O) groups excluding carboxylic acids is 1. The van der Waals surface area contributed by atoms with E-state index in [1.54, 1.807) is 0 Å². The summed E-state index contributed by atoms with van der Waals surface area (Å²) < 4.78 is 0. The van der Waals surface area contributed by atoms with Crippen molar-refractivity contribution in [2.75, 3.05) is 0 Å². The van der Waals surface area contributed by atoms with Crippen LogP contribution in [0.2, 0.25) is 0 Å². The smallest absolute Gasteiger partial charge is 0.246 e. The van der Waals surface area contributed by atoms with Crippen LogP contribution in [0.15, 0.2) is 52.9 Å². The summed E-state index contributed by atoms with van der Waals surface area (Å²) in [6, 6.07) is 14.9. The van der Waals surface area contributed by atoms with Gasteiger partial charge in [0.25, 0.3) is 0 Å². The first kappa shape index (κ1) is 16.7. The van der Waals surface area contributed by atoms with Crippen LogP contribution in [0.1, 0.15) is 34.3 Å². The summed E-state index contributed by atoms with van der Waals surface area (Å²) in [6.07, 6.45) is 1.21. The molecule has 3 aromatic rings.